The molecule has 1 amide bonds. The number of hydrogen-bond acceptors (Lipinski definition) is 6. The van der Waals surface area contributed by atoms with Crippen LogP contribution >= 0.6 is 0 Å². The molecule has 22 heavy (non-hydrogen) atoms. The highest BCUT2D eigenvalue weighted by Crippen LogP contribution is 2.45. The Balaban J connectivity index is 2.04. The largest absolute Gasteiger partial charge is 0.548 e. The first-order valence-corrected chi connectivity index (χ1v) is 8.45. The molecule has 2 aliphatic heterocycles. The summed E-state index contributed by atoms with van der Waals surface area (Å²) in [4.78, 5) is 24.1. The zero-order valence-corrected chi connectivity index (χ0v) is 13.0. The molecule has 0 aromatic carbocycles. The third kappa shape index (κ3) is 1.73. The van der Waals surface area contributed by atoms with Gasteiger partial charge in [0.1, 0.15) is 23.2 Å². The number of aliphatic carboxylic acids is 1. The van der Waals surface area contributed by atoms with Crippen LogP contribution in [0.4, 0.5) is 0 Å². The fourth-order valence-corrected chi connectivity index (χ4v) is 5.56. The number of hydrogen-bond donors (Lipinski definition) is 0. The number of fused-ring (bicyclic) bond motifs is 1. The fourth-order valence-electron chi connectivity index (χ4n) is 3.21. The van der Waals surface area contributed by atoms with Crippen LogP contribution in [-0.2, 0) is 32.5 Å². The first-order chi connectivity index (χ1) is 10.2. The van der Waals surface area contributed by atoms with Crippen molar-refractivity contribution in [3.63, 3.8) is 0 Å². The van der Waals surface area contributed by atoms with Gasteiger partial charge < -0.3 is 14.8 Å². The molecule has 0 N–H and O–H groups in total. The molecule has 2 aliphatic rings. The van der Waals surface area contributed by atoms with Crippen molar-refractivity contribution in [1.29, 1.82) is 0 Å². The number of aromatic nitrogens is 3. The summed E-state index contributed by atoms with van der Waals surface area (Å²) >= 11 is 0. The lowest BCUT2D eigenvalue weighted by atomic mass is 9.96. The van der Waals surface area contributed by atoms with E-state index in [9.17, 15) is 23.1 Å². The average Bonchev–Trinajstić information content (AvgIpc) is 2.92. The van der Waals surface area contributed by atoms with E-state index in [4.69, 9.17) is 0 Å². The number of aryl methyl sites for hydroxylation is 1. The third-order valence-electron chi connectivity index (χ3n) is 4.48. The summed E-state index contributed by atoms with van der Waals surface area (Å²) in [5, 5.41) is 14.6. The molecule has 0 spiro atoms. The third-order valence-corrected chi connectivity index (χ3v) is 7.24. The van der Waals surface area contributed by atoms with E-state index in [0.717, 1.165) is 4.90 Å². The average molecular weight is 328 g/mol. The SMILES string of the molecule is CCn1cc[n+](C[C@@]2(C)[C@H](C(=O)[O-])N3C(=O)C[C@H]3S2(=O)=O)n1. The van der Waals surface area contributed by atoms with Crippen LogP contribution in [0.25, 0.3) is 0 Å². The van der Waals surface area contributed by atoms with Gasteiger partial charge in [-0.25, -0.2) is 8.42 Å². The number of nitrogens with zero attached hydrogens (tertiary/aromatic N) is 4. The zero-order chi connectivity index (χ0) is 16.3. The number of β-lactam (4-membered cyclic amide) rings is 1. The maximum Gasteiger partial charge on any atom is 0.227 e. The van der Waals surface area contributed by atoms with Crippen LogP contribution in [0.3, 0.4) is 0 Å². The number of carboxylic acids is 1. The minimum atomic E-state index is -3.84. The lowest BCUT2D eigenvalue weighted by molar-refractivity contribution is -0.758. The summed E-state index contributed by atoms with van der Waals surface area (Å²) in [7, 11) is -3.84. The molecule has 9 nitrogen and oxygen atoms in total. The van der Waals surface area contributed by atoms with Crippen molar-refractivity contribution in [2.75, 3.05) is 0 Å². The number of carbonyl (C=O) groups excluding carboxylic acids is 2. The smallest absolute Gasteiger partial charge is 0.227 e. The lowest BCUT2D eigenvalue weighted by Crippen LogP contribution is -2.63. The van der Waals surface area contributed by atoms with Gasteiger partial charge in [-0.05, 0) is 13.8 Å². The first kappa shape index (κ1) is 14.9. The van der Waals surface area contributed by atoms with Crippen LogP contribution in [0, 0.1) is 0 Å². The highest BCUT2D eigenvalue weighted by atomic mass is 32.2. The molecule has 3 rings (SSSR count). The molecule has 0 radical (unpaired) electrons. The van der Waals surface area contributed by atoms with Gasteiger partial charge in [0, 0.05) is 0 Å². The molecule has 10 heteroatoms. The Bertz CT molecular complexity index is 757. The molecule has 0 saturated carbocycles. The molecular weight excluding hydrogens is 312 g/mol. The summed E-state index contributed by atoms with van der Waals surface area (Å²) in [5.74, 6) is -2.03. The van der Waals surface area contributed by atoms with E-state index in [1.165, 1.54) is 11.6 Å². The molecule has 120 valence electrons. The van der Waals surface area contributed by atoms with Crippen LogP contribution < -0.4 is 9.79 Å². The Hall–Kier alpha value is -1.97. The van der Waals surface area contributed by atoms with Crippen molar-refractivity contribution in [3.05, 3.63) is 12.4 Å². The van der Waals surface area contributed by atoms with Crippen LogP contribution in [-0.4, -0.2) is 51.3 Å². The number of carbonyl (C=O) groups is 2. The van der Waals surface area contributed by atoms with E-state index in [-0.39, 0.29) is 13.0 Å². The second-order valence-electron chi connectivity index (χ2n) is 5.78. The molecular formula is C12H16N4O5S. The monoisotopic (exact) mass is 328 g/mol. The minimum absolute atomic E-state index is 0.152. The Morgan fingerprint density at radius 2 is 2.27 bits per heavy atom. The highest BCUT2D eigenvalue weighted by molar-refractivity contribution is 7.93. The van der Waals surface area contributed by atoms with Gasteiger partial charge >= 0.3 is 0 Å². The highest BCUT2D eigenvalue weighted by Gasteiger charge is 2.68. The Kier molecular flexibility index (Phi) is 3.06. The van der Waals surface area contributed by atoms with Gasteiger partial charge in [-0.3, -0.25) is 4.79 Å². The van der Waals surface area contributed by atoms with Crippen molar-refractivity contribution >= 4 is 21.7 Å². The topological polar surface area (TPSA) is 116 Å². The van der Waals surface area contributed by atoms with Crippen LogP contribution in [0.15, 0.2) is 12.4 Å². The maximum absolute atomic E-state index is 12.7. The van der Waals surface area contributed by atoms with Crippen LogP contribution in [0.2, 0.25) is 0 Å². The maximum atomic E-state index is 12.7. The van der Waals surface area contributed by atoms with E-state index >= 15 is 0 Å². The van der Waals surface area contributed by atoms with E-state index in [1.54, 1.807) is 17.1 Å². The van der Waals surface area contributed by atoms with E-state index < -0.39 is 37.9 Å². The number of amides is 1. The lowest BCUT2D eigenvalue weighted by Gasteiger charge is -2.38. The Morgan fingerprint density at radius 3 is 2.77 bits per heavy atom. The fraction of sp³-hybridized carbons (Fsp3) is 0.667. The molecule has 1 aromatic heterocycles. The predicted octanol–water partition coefficient (Wildman–Crippen LogP) is -2.95. The zero-order valence-electron chi connectivity index (χ0n) is 12.2. The van der Waals surface area contributed by atoms with Gasteiger partial charge in [0.2, 0.25) is 5.91 Å². The van der Waals surface area contributed by atoms with Crippen molar-refractivity contribution < 1.29 is 27.8 Å². The van der Waals surface area contributed by atoms with Gasteiger partial charge in [-0.15, -0.1) is 9.36 Å². The van der Waals surface area contributed by atoms with Crippen LogP contribution in [0.1, 0.15) is 20.3 Å². The Labute approximate surface area is 127 Å². The first-order valence-electron chi connectivity index (χ1n) is 6.91. The predicted molar refractivity (Wildman–Crippen MR) is 69.5 cm³/mol. The number of sulfone groups is 1. The van der Waals surface area contributed by atoms with Crippen molar-refractivity contribution in [1.82, 2.24) is 14.8 Å². The molecule has 0 aliphatic carbocycles. The van der Waals surface area contributed by atoms with Gasteiger partial charge in [0.25, 0.3) is 0 Å². The molecule has 0 bridgehead atoms. The molecule has 2 fully saturated rings. The Morgan fingerprint density at radius 1 is 1.59 bits per heavy atom. The van der Waals surface area contributed by atoms with E-state index in [2.05, 4.69) is 5.21 Å². The molecule has 3 heterocycles. The van der Waals surface area contributed by atoms with Crippen molar-refractivity contribution in [2.45, 2.75) is 49.5 Å². The summed E-state index contributed by atoms with van der Waals surface area (Å²) in [6, 6.07) is -1.50. The molecule has 2 saturated heterocycles. The molecule has 0 unspecified atom stereocenters. The summed E-state index contributed by atoms with van der Waals surface area (Å²) < 4.78 is 26.7. The van der Waals surface area contributed by atoms with E-state index in [1.807, 2.05) is 6.92 Å². The number of rotatable bonds is 4. The second kappa shape index (κ2) is 4.51. The van der Waals surface area contributed by atoms with E-state index in [0.29, 0.717) is 6.54 Å². The van der Waals surface area contributed by atoms with Gasteiger partial charge in [-0.1, -0.05) is 0 Å². The summed E-state index contributed by atoms with van der Waals surface area (Å²) in [6.07, 6.45) is 3.07. The number of carboxylic acid groups (broad SMARTS) is 1. The standard InChI is InChI=1S/C12H16N4O5S/c1-3-14-4-5-15(13-14)7-12(2)10(11(18)19)16-8(17)6-9(16)22(12,20)21/h4-5,9-10H,3,6-7H2,1-2H3/t9-,10+,12+/m1/s1. The second-order valence-corrected chi connectivity index (χ2v) is 8.35. The van der Waals surface area contributed by atoms with Crippen molar-refractivity contribution in [2.24, 2.45) is 0 Å². The minimum Gasteiger partial charge on any atom is -0.548 e. The summed E-state index contributed by atoms with van der Waals surface area (Å²) in [5.41, 5.74) is 0. The quantitative estimate of drug-likeness (QED) is 0.431. The van der Waals surface area contributed by atoms with Crippen LogP contribution in [0.5, 0.6) is 0 Å². The normalized spacial score (nSPS) is 32.6. The van der Waals surface area contributed by atoms with Gasteiger partial charge in [0.05, 0.1) is 23.6 Å². The summed E-state index contributed by atoms with van der Waals surface area (Å²) in [6.45, 7) is 3.67. The molecule has 3 atom stereocenters. The van der Waals surface area contributed by atoms with Gasteiger partial charge in [-0.2, -0.15) is 0 Å². The molecule has 1 aromatic rings. The van der Waals surface area contributed by atoms with Gasteiger partial charge in [0.15, 0.2) is 22.2 Å². The van der Waals surface area contributed by atoms with Crippen molar-refractivity contribution in [3.8, 4) is 0 Å².